The number of carboxylic acids is 1. The second kappa shape index (κ2) is 11.5. The van der Waals surface area contributed by atoms with E-state index < -0.39 is 5.97 Å². The van der Waals surface area contributed by atoms with Crippen LogP contribution in [0.2, 0.25) is 0 Å². The topological polar surface area (TPSA) is 80.2 Å². The quantitative estimate of drug-likeness (QED) is 0.624. The second-order valence-corrected chi connectivity index (χ2v) is 9.90. The predicted molar refractivity (Wildman–Crippen MR) is 138 cm³/mol. The highest BCUT2D eigenvalue weighted by Crippen LogP contribution is 2.30. The van der Waals surface area contributed by atoms with Crippen molar-refractivity contribution in [3.05, 3.63) is 54.2 Å². The molecule has 0 spiro atoms. The number of aliphatic carboxylic acids is 1. The molecule has 2 atom stereocenters. The predicted octanol–water partition coefficient (Wildman–Crippen LogP) is 2.91. The standard InChI is InChI=1S/C27H37N5O3/c1-29(2)24-8-6-21(7-9-24)27(35)32-14-11-22(19-26(33)34)23(20-32)10-13-30-15-17-31(18-16-30)25-5-3-4-12-28-25/h3-9,12,22-23H,10-11,13-20H2,1-2H3,(H,33,34)/t22-,23-/m0/s1. The molecule has 2 aromatic rings. The maximum absolute atomic E-state index is 13.2. The maximum Gasteiger partial charge on any atom is 0.303 e. The zero-order chi connectivity index (χ0) is 24.8. The number of carboxylic acid groups (broad SMARTS) is 1. The van der Waals surface area contributed by atoms with E-state index in [0.717, 1.165) is 57.1 Å². The summed E-state index contributed by atoms with van der Waals surface area (Å²) in [4.78, 5) is 37.9. The molecule has 2 saturated heterocycles. The van der Waals surface area contributed by atoms with Crippen LogP contribution in [-0.4, -0.2) is 91.7 Å². The molecule has 0 aliphatic carbocycles. The fourth-order valence-corrected chi connectivity index (χ4v) is 5.26. The molecule has 8 heteroatoms. The van der Waals surface area contributed by atoms with Crippen molar-refractivity contribution in [3.63, 3.8) is 0 Å². The summed E-state index contributed by atoms with van der Waals surface area (Å²) < 4.78 is 0. The molecular weight excluding hydrogens is 442 g/mol. The molecule has 0 radical (unpaired) electrons. The lowest BCUT2D eigenvalue weighted by molar-refractivity contribution is -0.139. The Labute approximate surface area is 208 Å². The molecule has 1 amide bonds. The van der Waals surface area contributed by atoms with E-state index in [9.17, 15) is 14.7 Å². The molecule has 0 unspecified atom stereocenters. The Kier molecular flexibility index (Phi) is 8.23. The number of carbonyl (C=O) groups is 2. The summed E-state index contributed by atoms with van der Waals surface area (Å²) in [5.74, 6) is 0.621. The van der Waals surface area contributed by atoms with Crippen molar-refractivity contribution >= 4 is 23.4 Å². The summed E-state index contributed by atoms with van der Waals surface area (Å²) in [5, 5.41) is 9.46. The number of hydrogen-bond acceptors (Lipinski definition) is 6. The molecule has 4 rings (SSSR count). The Morgan fingerprint density at radius 3 is 2.37 bits per heavy atom. The minimum absolute atomic E-state index is 0.0399. The van der Waals surface area contributed by atoms with E-state index in [4.69, 9.17) is 0 Å². The van der Waals surface area contributed by atoms with Crippen molar-refractivity contribution < 1.29 is 14.7 Å². The van der Waals surface area contributed by atoms with Crippen LogP contribution in [0.1, 0.15) is 29.6 Å². The number of pyridine rings is 1. The van der Waals surface area contributed by atoms with Crippen molar-refractivity contribution in [3.8, 4) is 0 Å². The summed E-state index contributed by atoms with van der Waals surface area (Å²) >= 11 is 0. The van der Waals surface area contributed by atoms with Crippen LogP contribution in [0.15, 0.2) is 48.7 Å². The number of anilines is 2. The van der Waals surface area contributed by atoms with Crippen LogP contribution < -0.4 is 9.80 Å². The Bertz CT molecular complexity index is 974. The van der Waals surface area contributed by atoms with Gasteiger partial charge >= 0.3 is 5.97 Å². The van der Waals surface area contributed by atoms with Gasteiger partial charge in [-0.2, -0.15) is 0 Å². The van der Waals surface area contributed by atoms with Gasteiger partial charge < -0.3 is 19.8 Å². The number of rotatable bonds is 8. The average molecular weight is 480 g/mol. The van der Waals surface area contributed by atoms with Crippen molar-refractivity contribution in [1.82, 2.24) is 14.8 Å². The molecular formula is C27H37N5O3. The molecule has 1 aromatic carbocycles. The first-order chi connectivity index (χ1) is 16.9. The van der Waals surface area contributed by atoms with E-state index in [1.807, 2.05) is 72.6 Å². The van der Waals surface area contributed by atoms with Crippen LogP contribution in [0.4, 0.5) is 11.5 Å². The zero-order valence-electron chi connectivity index (χ0n) is 20.8. The first-order valence-corrected chi connectivity index (χ1v) is 12.6. The minimum atomic E-state index is -0.747. The van der Waals surface area contributed by atoms with Crippen LogP contribution >= 0.6 is 0 Å². The SMILES string of the molecule is CN(C)c1ccc(C(=O)N2CC[C@@H](CC(=O)O)[C@@H](CCN3CCN(c4ccccn4)CC3)C2)cc1. The third-order valence-electron chi connectivity index (χ3n) is 7.41. The average Bonchev–Trinajstić information content (AvgIpc) is 2.88. The normalized spacial score (nSPS) is 21.1. The Morgan fingerprint density at radius 1 is 1.00 bits per heavy atom. The number of amides is 1. The lowest BCUT2D eigenvalue weighted by Gasteiger charge is -2.40. The van der Waals surface area contributed by atoms with Gasteiger partial charge in [0, 0.05) is 77.2 Å². The molecule has 2 fully saturated rings. The van der Waals surface area contributed by atoms with E-state index in [1.165, 1.54) is 0 Å². The largest absolute Gasteiger partial charge is 0.481 e. The maximum atomic E-state index is 13.2. The Morgan fingerprint density at radius 2 is 1.74 bits per heavy atom. The van der Waals surface area contributed by atoms with Crippen LogP contribution in [0.3, 0.4) is 0 Å². The first kappa shape index (κ1) is 25.0. The molecule has 0 bridgehead atoms. The molecule has 188 valence electrons. The fourth-order valence-electron chi connectivity index (χ4n) is 5.26. The lowest BCUT2D eigenvalue weighted by Crippen LogP contribution is -2.49. The van der Waals surface area contributed by atoms with Crippen LogP contribution in [0, 0.1) is 11.8 Å². The van der Waals surface area contributed by atoms with Crippen molar-refractivity contribution in [1.29, 1.82) is 0 Å². The number of aromatic nitrogens is 1. The third-order valence-corrected chi connectivity index (χ3v) is 7.41. The van der Waals surface area contributed by atoms with E-state index >= 15 is 0 Å². The van der Waals surface area contributed by atoms with Gasteiger partial charge in [0.25, 0.3) is 5.91 Å². The highest BCUT2D eigenvalue weighted by atomic mass is 16.4. The van der Waals surface area contributed by atoms with Gasteiger partial charge in [-0.3, -0.25) is 14.5 Å². The molecule has 8 nitrogen and oxygen atoms in total. The Balaban J connectivity index is 1.34. The van der Waals surface area contributed by atoms with Crippen LogP contribution in [-0.2, 0) is 4.79 Å². The second-order valence-electron chi connectivity index (χ2n) is 9.90. The van der Waals surface area contributed by atoms with Gasteiger partial charge in [0.15, 0.2) is 0 Å². The third kappa shape index (κ3) is 6.51. The van der Waals surface area contributed by atoms with Gasteiger partial charge in [-0.1, -0.05) is 6.07 Å². The molecule has 1 N–H and O–H groups in total. The highest BCUT2D eigenvalue weighted by molar-refractivity contribution is 5.94. The smallest absolute Gasteiger partial charge is 0.303 e. The van der Waals surface area contributed by atoms with Gasteiger partial charge in [-0.15, -0.1) is 0 Å². The minimum Gasteiger partial charge on any atom is -0.481 e. The summed E-state index contributed by atoms with van der Waals surface area (Å²) in [6.07, 6.45) is 3.66. The van der Waals surface area contributed by atoms with Crippen molar-refractivity contribution in [2.45, 2.75) is 19.3 Å². The van der Waals surface area contributed by atoms with Crippen molar-refractivity contribution in [2.24, 2.45) is 11.8 Å². The molecule has 2 aliphatic rings. The molecule has 3 heterocycles. The van der Waals surface area contributed by atoms with E-state index in [2.05, 4.69) is 14.8 Å². The van der Waals surface area contributed by atoms with Crippen LogP contribution in [0.25, 0.3) is 0 Å². The molecule has 0 saturated carbocycles. The fraction of sp³-hybridized carbons (Fsp3) is 0.519. The molecule has 1 aromatic heterocycles. The molecule has 2 aliphatic heterocycles. The molecule has 35 heavy (non-hydrogen) atoms. The first-order valence-electron chi connectivity index (χ1n) is 12.6. The number of nitrogens with zero attached hydrogens (tertiary/aromatic N) is 5. The van der Waals surface area contributed by atoms with E-state index in [1.54, 1.807) is 0 Å². The number of piperidine rings is 1. The highest BCUT2D eigenvalue weighted by Gasteiger charge is 2.33. The monoisotopic (exact) mass is 479 g/mol. The summed E-state index contributed by atoms with van der Waals surface area (Å²) in [7, 11) is 3.96. The van der Waals surface area contributed by atoms with Gasteiger partial charge in [0.2, 0.25) is 0 Å². The number of benzene rings is 1. The summed E-state index contributed by atoms with van der Waals surface area (Å²) in [5.41, 5.74) is 1.75. The zero-order valence-corrected chi connectivity index (χ0v) is 20.8. The van der Waals surface area contributed by atoms with E-state index in [-0.39, 0.29) is 24.2 Å². The van der Waals surface area contributed by atoms with Gasteiger partial charge in [0.1, 0.15) is 5.82 Å². The van der Waals surface area contributed by atoms with E-state index in [0.29, 0.717) is 18.7 Å². The van der Waals surface area contributed by atoms with Gasteiger partial charge in [0.05, 0.1) is 0 Å². The Hall–Kier alpha value is -3.13. The number of likely N-dealkylation sites (tertiary alicyclic amines) is 1. The van der Waals surface area contributed by atoms with Gasteiger partial charge in [-0.25, -0.2) is 4.98 Å². The van der Waals surface area contributed by atoms with Crippen molar-refractivity contribution in [2.75, 3.05) is 69.7 Å². The number of hydrogen-bond donors (Lipinski definition) is 1. The van der Waals surface area contributed by atoms with Crippen LogP contribution in [0.5, 0.6) is 0 Å². The number of carbonyl (C=O) groups excluding carboxylic acids is 1. The van der Waals surface area contributed by atoms with Gasteiger partial charge in [-0.05, 0) is 67.6 Å². The summed E-state index contributed by atoms with van der Waals surface area (Å²) in [6, 6.07) is 13.7. The lowest BCUT2D eigenvalue weighted by atomic mass is 9.81. The number of piperazine rings is 1. The summed E-state index contributed by atoms with van der Waals surface area (Å²) in [6.45, 7) is 5.98.